The maximum Gasteiger partial charge on any atom is 0.357 e. The first-order valence-corrected chi connectivity index (χ1v) is 4.08. The van der Waals surface area contributed by atoms with Crippen molar-refractivity contribution < 1.29 is 13.9 Å². The van der Waals surface area contributed by atoms with Crippen molar-refractivity contribution in [1.29, 1.82) is 0 Å². The van der Waals surface area contributed by atoms with E-state index < -0.39 is 11.8 Å². The van der Waals surface area contributed by atoms with Crippen LogP contribution in [0.25, 0.3) is 0 Å². The summed E-state index contributed by atoms with van der Waals surface area (Å²) in [4.78, 5) is 14.8. The smallest absolute Gasteiger partial charge is 0.357 e. The van der Waals surface area contributed by atoms with Gasteiger partial charge in [-0.05, 0) is 25.0 Å². The highest BCUT2D eigenvalue weighted by Gasteiger charge is 2.26. The molecule has 4 heteroatoms. The molecule has 0 aromatic carbocycles. The van der Waals surface area contributed by atoms with Crippen LogP contribution in [0.15, 0.2) is 18.3 Å². The third-order valence-electron chi connectivity index (χ3n) is 1.73. The van der Waals surface area contributed by atoms with E-state index in [1.807, 2.05) is 0 Å². The van der Waals surface area contributed by atoms with Gasteiger partial charge in [-0.3, -0.25) is 0 Å². The fourth-order valence-corrected chi connectivity index (χ4v) is 0.894. The molecule has 3 nitrogen and oxygen atoms in total. The topological polar surface area (TPSA) is 39.2 Å². The van der Waals surface area contributed by atoms with E-state index in [0.29, 0.717) is 0 Å². The number of carbonyl (C=O) groups excluding carboxylic acids is 1. The molecular formula is C9H8FNO2. The Morgan fingerprint density at radius 1 is 1.54 bits per heavy atom. The van der Waals surface area contributed by atoms with Gasteiger partial charge in [0.2, 0.25) is 0 Å². The van der Waals surface area contributed by atoms with Crippen LogP contribution in [0.1, 0.15) is 23.3 Å². The highest BCUT2D eigenvalue weighted by molar-refractivity contribution is 5.87. The first-order valence-electron chi connectivity index (χ1n) is 4.08. The van der Waals surface area contributed by atoms with Gasteiger partial charge in [-0.1, -0.05) is 0 Å². The van der Waals surface area contributed by atoms with Crippen molar-refractivity contribution in [3.63, 3.8) is 0 Å². The van der Waals surface area contributed by atoms with Gasteiger partial charge in [0.15, 0.2) is 0 Å². The average Bonchev–Trinajstić information content (AvgIpc) is 2.89. The predicted molar refractivity (Wildman–Crippen MR) is 42.6 cm³/mol. The number of halogens is 1. The summed E-state index contributed by atoms with van der Waals surface area (Å²) < 4.78 is 17.4. The number of ether oxygens (including phenoxy) is 1. The fraction of sp³-hybridized carbons (Fsp3) is 0.333. The van der Waals surface area contributed by atoms with Crippen molar-refractivity contribution in [1.82, 2.24) is 4.98 Å². The predicted octanol–water partition coefficient (Wildman–Crippen LogP) is 1.54. The van der Waals surface area contributed by atoms with Crippen LogP contribution in [-0.4, -0.2) is 17.1 Å². The molecule has 1 aliphatic carbocycles. The van der Waals surface area contributed by atoms with Crippen LogP contribution in [0.4, 0.5) is 4.39 Å². The van der Waals surface area contributed by atoms with Gasteiger partial charge >= 0.3 is 5.97 Å². The van der Waals surface area contributed by atoms with Crippen LogP contribution < -0.4 is 0 Å². The van der Waals surface area contributed by atoms with Gasteiger partial charge < -0.3 is 4.74 Å². The zero-order valence-electron chi connectivity index (χ0n) is 6.87. The molecule has 1 heterocycles. The van der Waals surface area contributed by atoms with Crippen molar-refractivity contribution in [3.05, 3.63) is 29.8 Å². The van der Waals surface area contributed by atoms with Gasteiger partial charge in [0.1, 0.15) is 17.6 Å². The van der Waals surface area contributed by atoms with Gasteiger partial charge in [0, 0.05) is 0 Å². The largest absolute Gasteiger partial charge is 0.458 e. The van der Waals surface area contributed by atoms with Crippen molar-refractivity contribution in [2.24, 2.45) is 0 Å². The number of carbonyl (C=O) groups is 1. The lowest BCUT2D eigenvalue weighted by molar-refractivity contribution is 0.0465. The van der Waals surface area contributed by atoms with Crippen LogP contribution in [0.3, 0.4) is 0 Å². The Kier molecular flexibility index (Phi) is 1.96. The molecule has 68 valence electrons. The van der Waals surface area contributed by atoms with E-state index in [4.69, 9.17) is 4.74 Å². The lowest BCUT2D eigenvalue weighted by Crippen LogP contribution is -2.08. The van der Waals surface area contributed by atoms with E-state index in [0.717, 1.165) is 19.0 Å². The van der Waals surface area contributed by atoms with E-state index in [1.54, 1.807) is 0 Å². The van der Waals surface area contributed by atoms with Crippen molar-refractivity contribution >= 4 is 5.97 Å². The third kappa shape index (κ3) is 2.02. The normalized spacial score (nSPS) is 15.5. The van der Waals surface area contributed by atoms with E-state index in [1.165, 1.54) is 12.1 Å². The lowest BCUT2D eigenvalue weighted by atomic mass is 10.3. The molecule has 0 amide bonds. The molecule has 0 atom stereocenters. The summed E-state index contributed by atoms with van der Waals surface area (Å²) >= 11 is 0. The first kappa shape index (κ1) is 8.16. The number of nitrogens with zero attached hydrogens (tertiary/aromatic N) is 1. The molecule has 1 aromatic rings. The quantitative estimate of drug-likeness (QED) is 0.649. The molecule has 0 radical (unpaired) electrons. The monoisotopic (exact) mass is 181 g/mol. The SMILES string of the molecule is O=C(OC1CC1)c1ccc(F)cn1. The van der Waals surface area contributed by atoms with Gasteiger partial charge in [0.25, 0.3) is 0 Å². The molecule has 0 spiro atoms. The van der Waals surface area contributed by atoms with Crippen molar-refractivity contribution in [2.75, 3.05) is 0 Å². The van der Waals surface area contributed by atoms with Crippen molar-refractivity contribution in [2.45, 2.75) is 18.9 Å². The highest BCUT2D eigenvalue weighted by Crippen LogP contribution is 2.24. The summed E-state index contributed by atoms with van der Waals surface area (Å²) in [6.45, 7) is 0. The number of pyridine rings is 1. The summed E-state index contributed by atoms with van der Waals surface area (Å²) in [6, 6.07) is 2.51. The van der Waals surface area contributed by atoms with Gasteiger partial charge in [-0.25, -0.2) is 14.2 Å². The van der Waals surface area contributed by atoms with E-state index in [9.17, 15) is 9.18 Å². The molecule has 1 saturated carbocycles. The number of hydrogen-bond acceptors (Lipinski definition) is 3. The van der Waals surface area contributed by atoms with Gasteiger partial charge in [-0.15, -0.1) is 0 Å². The average molecular weight is 181 g/mol. The second-order valence-corrected chi connectivity index (χ2v) is 2.97. The molecule has 1 fully saturated rings. The van der Waals surface area contributed by atoms with Crippen LogP contribution in [0, 0.1) is 5.82 Å². The Balaban J connectivity index is 2.05. The lowest BCUT2D eigenvalue weighted by Gasteiger charge is -2.00. The van der Waals surface area contributed by atoms with E-state index in [2.05, 4.69) is 4.98 Å². The standard InChI is InChI=1S/C9H8FNO2/c10-6-1-4-8(11-5-6)9(12)13-7-2-3-7/h1,4-5,7H,2-3H2. The minimum atomic E-state index is -0.470. The molecule has 13 heavy (non-hydrogen) atoms. The van der Waals surface area contributed by atoms with Crippen molar-refractivity contribution in [3.8, 4) is 0 Å². The Morgan fingerprint density at radius 3 is 2.85 bits per heavy atom. The first-order chi connectivity index (χ1) is 6.25. The maximum absolute atomic E-state index is 12.4. The Labute approximate surface area is 74.5 Å². The molecule has 2 rings (SSSR count). The summed E-state index contributed by atoms with van der Waals surface area (Å²) in [5.41, 5.74) is 0.160. The van der Waals surface area contributed by atoms with Crippen LogP contribution in [0.2, 0.25) is 0 Å². The molecule has 0 N–H and O–H groups in total. The Hall–Kier alpha value is -1.45. The summed E-state index contributed by atoms with van der Waals surface area (Å²) in [5, 5.41) is 0. The third-order valence-corrected chi connectivity index (χ3v) is 1.73. The number of hydrogen-bond donors (Lipinski definition) is 0. The zero-order chi connectivity index (χ0) is 9.26. The summed E-state index contributed by atoms with van der Waals surface area (Å²) in [6.07, 6.45) is 2.91. The Morgan fingerprint density at radius 2 is 2.31 bits per heavy atom. The highest BCUT2D eigenvalue weighted by atomic mass is 19.1. The molecule has 0 saturated heterocycles. The molecule has 1 aromatic heterocycles. The Bertz CT molecular complexity index is 319. The fourth-order valence-electron chi connectivity index (χ4n) is 0.894. The number of rotatable bonds is 2. The van der Waals surface area contributed by atoms with E-state index in [-0.39, 0.29) is 11.8 Å². The number of aromatic nitrogens is 1. The zero-order valence-corrected chi connectivity index (χ0v) is 6.87. The van der Waals surface area contributed by atoms with Crippen LogP contribution in [0.5, 0.6) is 0 Å². The summed E-state index contributed by atoms with van der Waals surface area (Å²) in [5.74, 6) is -0.925. The molecule has 0 unspecified atom stereocenters. The minimum absolute atomic E-state index is 0.0550. The maximum atomic E-state index is 12.4. The van der Waals surface area contributed by atoms with E-state index >= 15 is 0 Å². The second kappa shape index (κ2) is 3.12. The van der Waals surface area contributed by atoms with Crippen LogP contribution >= 0.6 is 0 Å². The van der Waals surface area contributed by atoms with Crippen LogP contribution in [-0.2, 0) is 4.74 Å². The summed E-state index contributed by atoms with van der Waals surface area (Å²) in [7, 11) is 0. The molecular weight excluding hydrogens is 173 g/mol. The number of esters is 1. The van der Waals surface area contributed by atoms with Gasteiger partial charge in [0.05, 0.1) is 6.20 Å². The second-order valence-electron chi connectivity index (χ2n) is 2.97. The minimum Gasteiger partial charge on any atom is -0.458 e. The van der Waals surface area contributed by atoms with Gasteiger partial charge in [-0.2, -0.15) is 0 Å². The molecule has 0 bridgehead atoms. The molecule has 0 aliphatic heterocycles. The molecule has 1 aliphatic rings.